The lowest BCUT2D eigenvalue weighted by atomic mass is 10.1. The van der Waals surface area contributed by atoms with Crippen molar-refractivity contribution < 1.29 is 9.59 Å². The van der Waals surface area contributed by atoms with Gasteiger partial charge in [0.05, 0.1) is 0 Å². The first-order chi connectivity index (χ1) is 12.1. The molecule has 5 nitrogen and oxygen atoms in total. The van der Waals surface area contributed by atoms with Crippen molar-refractivity contribution in [2.45, 2.75) is 38.6 Å². The van der Waals surface area contributed by atoms with Crippen LogP contribution < -0.4 is 10.2 Å². The minimum absolute atomic E-state index is 0.140. The Morgan fingerprint density at radius 3 is 2.72 bits per heavy atom. The van der Waals surface area contributed by atoms with Crippen LogP contribution >= 0.6 is 0 Å². The molecule has 1 N–H and O–H groups in total. The molecule has 1 aliphatic rings. The highest BCUT2D eigenvalue weighted by atomic mass is 16.2. The maximum absolute atomic E-state index is 12.5. The molecule has 1 atom stereocenters. The molecule has 1 aliphatic heterocycles. The number of nitrogens with zero attached hydrogens (tertiary/aromatic N) is 2. The highest BCUT2D eigenvalue weighted by molar-refractivity contribution is 5.86. The van der Waals surface area contributed by atoms with E-state index in [-0.39, 0.29) is 17.9 Å². The van der Waals surface area contributed by atoms with Crippen molar-refractivity contribution >= 4 is 17.5 Å². The van der Waals surface area contributed by atoms with E-state index in [2.05, 4.69) is 41.9 Å². The van der Waals surface area contributed by atoms with Crippen LogP contribution in [0.2, 0.25) is 0 Å². The zero-order chi connectivity index (χ0) is 18.1. The van der Waals surface area contributed by atoms with Crippen LogP contribution in [0.4, 0.5) is 5.69 Å². The number of anilines is 1. The second-order valence-electron chi connectivity index (χ2n) is 6.45. The molecule has 0 aromatic heterocycles. The van der Waals surface area contributed by atoms with Crippen molar-refractivity contribution in [2.24, 2.45) is 0 Å². The fraction of sp³-hybridized carbons (Fsp3) is 0.500. The minimum Gasteiger partial charge on any atom is -0.368 e. The average molecular weight is 342 g/mol. The Labute approximate surface area is 150 Å². The Kier molecular flexibility index (Phi) is 7.51. The first-order valence-corrected chi connectivity index (χ1v) is 9.02. The standard InChI is InChI=1S/C20H28N3O2/c1-3-19(24)21-13-9-5-8-12-20(25)23-15-14-22(16-17(23)2)18-10-6-4-7-11-18/h3,6-7,10-11,17H,1,5,8-9,12-16H2,2H3,(H,21,24). The lowest BCUT2D eigenvalue weighted by Crippen LogP contribution is -2.54. The molecular formula is C20H28N3O2. The first kappa shape index (κ1) is 19.0. The number of carbonyl (C=O) groups excluding carboxylic acids is 2. The van der Waals surface area contributed by atoms with Gasteiger partial charge in [-0.15, -0.1) is 0 Å². The van der Waals surface area contributed by atoms with Gasteiger partial charge in [0.25, 0.3) is 0 Å². The van der Waals surface area contributed by atoms with Gasteiger partial charge in [0.2, 0.25) is 11.8 Å². The Balaban J connectivity index is 1.67. The fourth-order valence-corrected chi connectivity index (χ4v) is 3.16. The predicted molar refractivity (Wildman–Crippen MR) is 100 cm³/mol. The van der Waals surface area contributed by atoms with Crippen LogP contribution in [0.1, 0.15) is 32.6 Å². The number of amides is 2. The zero-order valence-corrected chi connectivity index (χ0v) is 15.0. The lowest BCUT2D eigenvalue weighted by Gasteiger charge is -2.41. The van der Waals surface area contributed by atoms with E-state index in [1.54, 1.807) is 0 Å². The van der Waals surface area contributed by atoms with Crippen LogP contribution in [-0.4, -0.2) is 48.9 Å². The number of hydrogen-bond donors (Lipinski definition) is 1. The highest BCUT2D eigenvalue weighted by Gasteiger charge is 2.26. The molecule has 1 unspecified atom stereocenters. The summed E-state index contributed by atoms with van der Waals surface area (Å²) in [6.45, 7) is 8.68. The van der Waals surface area contributed by atoms with Crippen molar-refractivity contribution in [3.8, 4) is 0 Å². The van der Waals surface area contributed by atoms with Crippen LogP contribution in [0.25, 0.3) is 0 Å². The number of hydrogen-bond acceptors (Lipinski definition) is 3. The van der Waals surface area contributed by atoms with Crippen LogP contribution in [0.3, 0.4) is 0 Å². The van der Waals surface area contributed by atoms with E-state index in [0.717, 1.165) is 38.9 Å². The molecule has 0 saturated carbocycles. The Bertz CT molecular complexity index is 574. The van der Waals surface area contributed by atoms with Gasteiger partial charge in [0.15, 0.2) is 0 Å². The highest BCUT2D eigenvalue weighted by Crippen LogP contribution is 2.19. The van der Waals surface area contributed by atoms with Gasteiger partial charge in [-0.2, -0.15) is 0 Å². The number of piperazine rings is 1. The van der Waals surface area contributed by atoms with E-state index >= 15 is 0 Å². The van der Waals surface area contributed by atoms with Gasteiger partial charge in [0.1, 0.15) is 0 Å². The number of benzene rings is 1. The van der Waals surface area contributed by atoms with Crippen molar-refractivity contribution in [1.29, 1.82) is 0 Å². The summed E-state index contributed by atoms with van der Waals surface area (Å²) in [5.74, 6) is 0.0998. The average Bonchev–Trinajstić information content (AvgIpc) is 2.64. The molecule has 135 valence electrons. The van der Waals surface area contributed by atoms with Crippen LogP contribution in [0.5, 0.6) is 0 Å². The molecule has 5 heteroatoms. The SMILES string of the molecule is C=CC(=O)NCCCCCC(=O)N1CCN(c2cc[c]cc2)CC1C. The summed E-state index contributed by atoms with van der Waals surface area (Å²) in [4.78, 5) is 27.8. The summed E-state index contributed by atoms with van der Waals surface area (Å²) in [5.41, 5.74) is 1.19. The van der Waals surface area contributed by atoms with Crippen LogP contribution in [0, 0.1) is 6.07 Å². The maximum Gasteiger partial charge on any atom is 0.243 e. The van der Waals surface area contributed by atoms with Gasteiger partial charge in [-0.05, 0) is 44.0 Å². The van der Waals surface area contributed by atoms with E-state index < -0.39 is 0 Å². The Morgan fingerprint density at radius 2 is 2.04 bits per heavy atom. The van der Waals surface area contributed by atoms with Crippen molar-refractivity contribution in [2.75, 3.05) is 31.1 Å². The topological polar surface area (TPSA) is 52.7 Å². The smallest absolute Gasteiger partial charge is 0.243 e. The molecule has 25 heavy (non-hydrogen) atoms. The van der Waals surface area contributed by atoms with Crippen molar-refractivity contribution in [1.82, 2.24) is 10.2 Å². The van der Waals surface area contributed by atoms with Crippen molar-refractivity contribution in [3.05, 3.63) is 43.0 Å². The first-order valence-electron chi connectivity index (χ1n) is 9.02. The van der Waals surface area contributed by atoms with Gasteiger partial charge in [-0.3, -0.25) is 9.59 Å². The van der Waals surface area contributed by atoms with Crippen LogP contribution in [0.15, 0.2) is 36.9 Å². The molecule has 2 amide bonds. The summed E-state index contributed by atoms with van der Waals surface area (Å²) >= 11 is 0. The van der Waals surface area contributed by atoms with Crippen molar-refractivity contribution in [3.63, 3.8) is 0 Å². The molecular weight excluding hydrogens is 314 g/mol. The molecule has 1 fully saturated rings. The molecule has 1 radical (unpaired) electrons. The fourth-order valence-electron chi connectivity index (χ4n) is 3.16. The molecule has 0 aliphatic carbocycles. The molecule has 1 aromatic carbocycles. The van der Waals surface area contributed by atoms with Gasteiger partial charge < -0.3 is 15.1 Å². The molecule has 1 heterocycles. The van der Waals surface area contributed by atoms with E-state index in [4.69, 9.17) is 0 Å². The summed E-state index contributed by atoms with van der Waals surface area (Å²) in [6.07, 6.45) is 4.56. The predicted octanol–water partition coefficient (Wildman–Crippen LogP) is 2.39. The van der Waals surface area contributed by atoms with Gasteiger partial charge >= 0.3 is 0 Å². The normalized spacial score (nSPS) is 17.2. The summed E-state index contributed by atoms with van der Waals surface area (Å²) in [7, 11) is 0. The van der Waals surface area contributed by atoms with Gasteiger partial charge in [-0.1, -0.05) is 25.1 Å². The molecule has 0 bridgehead atoms. The molecule has 1 aromatic rings. The van der Waals surface area contributed by atoms with E-state index in [9.17, 15) is 9.59 Å². The van der Waals surface area contributed by atoms with Crippen LogP contribution in [-0.2, 0) is 9.59 Å². The number of rotatable bonds is 8. The minimum atomic E-state index is -0.140. The number of carbonyl (C=O) groups is 2. The summed E-state index contributed by atoms with van der Waals surface area (Å²) < 4.78 is 0. The monoisotopic (exact) mass is 342 g/mol. The summed E-state index contributed by atoms with van der Waals surface area (Å²) in [5, 5.41) is 2.75. The Morgan fingerprint density at radius 1 is 1.28 bits per heavy atom. The van der Waals surface area contributed by atoms with E-state index in [1.807, 2.05) is 17.0 Å². The number of unbranched alkanes of at least 4 members (excludes halogenated alkanes) is 2. The third-order valence-electron chi connectivity index (χ3n) is 4.57. The number of nitrogens with one attached hydrogen (secondary N) is 1. The lowest BCUT2D eigenvalue weighted by molar-refractivity contribution is -0.133. The molecule has 1 saturated heterocycles. The molecule has 0 spiro atoms. The van der Waals surface area contributed by atoms with Gasteiger partial charge in [0, 0.05) is 44.3 Å². The largest absolute Gasteiger partial charge is 0.368 e. The van der Waals surface area contributed by atoms with E-state index in [0.29, 0.717) is 13.0 Å². The maximum atomic E-state index is 12.5. The second kappa shape index (κ2) is 9.87. The van der Waals surface area contributed by atoms with E-state index in [1.165, 1.54) is 11.8 Å². The second-order valence-corrected chi connectivity index (χ2v) is 6.45. The third-order valence-corrected chi connectivity index (χ3v) is 4.57. The molecule has 2 rings (SSSR count). The third kappa shape index (κ3) is 5.93. The Hall–Kier alpha value is -2.30. The summed E-state index contributed by atoms with van der Waals surface area (Å²) in [6, 6.07) is 11.2. The quantitative estimate of drug-likeness (QED) is 0.583. The van der Waals surface area contributed by atoms with Gasteiger partial charge in [-0.25, -0.2) is 0 Å². The zero-order valence-electron chi connectivity index (χ0n) is 15.0.